The lowest BCUT2D eigenvalue weighted by atomic mass is 9.95. The lowest BCUT2D eigenvalue weighted by molar-refractivity contribution is -0.127. The number of hydrogen-bond donors (Lipinski definition) is 1. The summed E-state index contributed by atoms with van der Waals surface area (Å²) in [6, 6.07) is 10.6. The number of amides is 1. The number of fused-ring (bicyclic) bond motifs is 1. The van der Waals surface area contributed by atoms with Crippen molar-refractivity contribution in [3.63, 3.8) is 0 Å². The van der Waals surface area contributed by atoms with Crippen LogP contribution in [0.25, 0.3) is 5.65 Å². The van der Waals surface area contributed by atoms with Crippen LogP contribution in [0.2, 0.25) is 0 Å². The van der Waals surface area contributed by atoms with Gasteiger partial charge in [-0.2, -0.15) is 4.31 Å². The van der Waals surface area contributed by atoms with E-state index in [-0.39, 0.29) is 41.8 Å². The average Bonchev–Trinajstić information content (AvgIpc) is 3.21. The quantitative estimate of drug-likeness (QED) is 0.611. The van der Waals surface area contributed by atoms with E-state index in [4.69, 9.17) is 0 Å². The van der Waals surface area contributed by atoms with E-state index in [0.29, 0.717) is 24.3 Å². The Labute approximate surface area is 186 Å². The number of aromatic nitrogens is 3. The maximum Gasteiger partial charge on any atom is 0.245 e. The van der Waals surface area contributed by atoms with Gasteiger partial charge in [-0.25, -0.2) is 12.8 Å². The molecule has 1 aliphatic heterocycles. The Morgan fingerprint density at radius 2 is 1.78 bits per heavy atom. The molecule has 8 nitrogen and oxygen atoms in total. The zero-order valence-corrected chi connectivity index (χ0v) is 18.8. The van der Waals surface area contributed by atoms with E-state index in [9.17, 15) is 17.6 Å². The third kappa shape index (κ3) is 4.24. The van der Waals surface area contributed by atoms with Crippen molar-refractivity contribution < 1.29 is 17.6 Å². The maximum absolute atomic E-state index is 14.0. The molecule has 1 aliphatic rings. The number of nitrogens with one attached hydrogen (secondary N) is 1. The van der Waals surface area contributed by atoms with Gasteiger partial charge in [0.1, 0.15) is 10.7 Å². The summed E-state index contributed by atoms with van der Waals surface area (Å²) < 4.78 is 42.7. The molecule has 1 saturated heterocycles. The number of carbonyl (C=O) groups is 1. The summed E-state index contributed by atoms with van der Waals surface area (Å²) in [5.74, 6) is -0.508. The Morgan fingerprint density at radius 3 is 2.47 bits per heavy atom. The van der Waals surface area contributed by atoms with Crippen molar-refractivity contribution >= 4 is 21.6 Å². The summed E-state index contributed by atoms with van der Waals surface area (Å²) in [4.78, 5) is 12.7. The van der Waals surface area contributed by atoms with Crippen molar-refractivity contribution in [3.8, 4) is 0 Å². The third-order valence-corrected chi connectivity index (χ3v) is 7.79. The maximum atomic E-state index is 14.0. The van der Waals surface area contributed by atoms with Gasteiger partial charge >= 0.3 is 0 Å². The number of rotatable bonds is 6. The molecule has 4 rings (SSSR count). The van der Waals surface area contributed by atoms with Crippen molar-refractivity contribution in [2.75, 3.05) is 13.1 Å². The van der Waals surface area contributed by atoms with E-state index in [1.165, 1.54) is 22.5 Å². The molecular weight excluding hydrogens is 433 g/mol. The summed E-state index contributed by atoms with van der Waals surface area (Å²) in [6.45, 7) is 4.32. The van der Waals surface area contributed by atoms with Crippen LogP contribution in [0.3, 0.4) is 0 Å². The first kappa shape index (κ1) is 22.3. The highest BCUT2D eigenvalue weighted by Gasteiger charge is 2.34. The molecule has 0 radical (unpaired) electrons. The Bertz CT molecular complexity index is 1220. The van der Waals surface area contributed by atoms with Crippen LogP contribution in [0.5, 0.6) is 0 Å². The molecule has 1 aromatic carbocycles. The summed E-state index contributed by atoms with van der Waals surface area (Å²) in [6.07, 6.45) is 2.59. The van der Waals surface area contributed by atoms with Gasteiger partial charge in [0.15, 0.2) is 11.5 Å². The van der Waals surface area contributed by atoms with E-state index in [1.807, 2.05) is 42.6 Å². The van der Waals surface area contributed by atoms with E-state index >= 15 is 0 Å². The molecule has 170 valence electrons. The summed E-state index contributed by atoms with van der Waals surface area (Å²) >= 11 is 0. The molecule has 2 aromatic heterocycles. The van der Waals surface area contributed by atoms with Crippen molar-refractivity contribution in [2.24, 2.45) is 11.8 Å². The molecule has 1 atom stereocenters. The lowest BCUT2D eigenvalue weighted by Gasteiger charge is -2.32. The van der Waals surface area contributed by atoms with E-state index in [2.05, 4.69) is 15.5 Å². The second kappa shape index (κ2) is 8.95. The van der Waals surface area contributed by atoms with Crippen molar-refractivity contribution in [2.45, 2.75) is 37.6 Å². The molecule has 10 heteroatoms. The van der Waals surface area contributed by atoms with Crippen LogP contribution >= 0.6 is 0 Å². The monoisotopic (exact) mass is 459 g/mol. The number of piperidine rings is 1. The molecule has 0 saturated carbocycles. The molecule has 32 heavy (non-hydrogen) atoms. The topological polar surface area (TPSA) is 96.7 Å². The minimum Gasteiger partial charge on any atom is -0.346 e. The predicted molar refractivity (Wildman–Crippen MR) is 117 cm³/mol. The van der Waals surface area contributed by atoms with Crippen LogP contribution in [0.1, 0.15) is 38.6 Å². The van der Waals surface area contributed by atoms with Crippen LogP contribution in [0.4, 0.5) is 4.39 Å². The molecule has 0 aliphatic carbocycles. The van der Waals surface area contributed by atoms with Crippen molar-refractivity contribution in [1.82, 2.24) is 24.2 Å². The average molecular weight is 460 g/mol. The van der Waals surface area contributed by atoms with Crippen LogP contribution in [-0.2, 0) is 14.8 Å². The van der Waals surface area contributed by atoms with Gasteiger partial charge < -0.3 is 5.32 Å². The molecule has 1 fully saturated rings. The second-order valence-corrected chi connectivity index (χ2v) is 10.2. The first-order valence-corrected chi connectivity index (χ1v) is 12.1. The Kier molecular flexibility index (Phi) is 6.25. The number of benzene rings is 1. The fraction of sp³-hybridized carbons (Fsp3) is 0.409. The normalized spacial score (nSPS) is 17.0. The number of pyridine rings is 1. The summed E-state index contributed by atoms with van der Waals surface area (Å²) in [5, 5.41) is 11.5. The summed E-state index contributed by atoms with van der Waals surface area (Å²) in [5.41, 5.74) is 0.703. The molecule has 1 amide bonds. The van der Waals surface area contributed by atoms with E-state index in [0.717, 1.165) is 6.07 Å². The predicted octanol–water partition coefficient (Wildman–Crippen LogP) is 2.78. The molecule has 1 N–H and O–H groups in total. The van der Waals surface area contributed by atoms with Crippen LogP contribution in [0, 0.1) is 17.7 Å². The number of halogens is 1. The molecule has 0 spiro atoms. The Balaban J connectivity index is 1.44. The molecule has 0 bridgehead atoms. The van der Waals surface area contributed by atoms with Crippen molar-refractivity contribution in [1.29, 1.82) is 0 Å². The molecular formula is C22H26FN5O3S. The third-order valence-electron chi connectivity index (χ3n) is 5.86. The first-order valence-electron chi connectivity index (χ1n) is 10.6. The SMILES string of the molecule is CC(C)[C@H](NC(=O)C1CCN(S(=O)(=O)c2ccccc2F)CC1)c1nnc2ccccn12. The minimum absolute atomic E-state index is 0.0769. The molecule has 3 heterocycles. The van der Waals surface area contributed by atoms with Crippen molar-refractivity contribution in [3.05, 3.63) is 60.3 Å². The standard InChI is InChI=1S/C22H26FN5O3S/c1-15(2)20(21-26-25-19-9-5-6-12-28(19)21)24-22(29)16-10-13-27(14-11-16)32(30,31)18-8-4-3-7-17(18)23/h3-9,12,15-16,20H,10-11,13-14H2,1-2H3,(H,24,29)/t20-/m0/s1. The number of carbonyl (C=O) groups excluding carboxylic acids is 1. The van der Waals surface area contributed by atoms with Gasteiger partial charge in [0.05, 0.1) is 6.04 Å². The van der Waals surface area contributed by atoms with Gasteiger partial charge in [-0.15, -0.1) is 10.2 Å². The number of hydrogen-bond acceptors (Lipinski definition) is 5. The fourth-order valence-electron chi connectivity index (χ4n) is 4.02. The van der Waals surface area contributed by atoms with Gasteiger partial charge in [-0.1, -0.05) is 32.0 Å². The van der Waals surface area contributed by atoms with E-state index < -0.39 is 15.8 Å². The second-order valence-electron chi connectivity index (χ2n) is 8.33. The number of nitrogens with zero attached hydrogens (tertiary/aromatic N) is 4. The fourth-order valence-corrected chi connectivity index (χ4v) is 5.56. The first-order chi connectivity index (χ1) is 15.3. The Morgan fingerprint density at radius 1 is 1.09 bits per heavy atom. The number of sulfonamides is 1. The van der Waals surface area contributed by atoms with Crippen LogP contribution in [-0.4, -0.2) is 46.3 Å². The zero-order valence-electron chi connectivity index (χ0n) is 18.0. The summed E-state index contributed by atoms with van der Waals surface area (Å²) in [7, 11) is -3.93. The lowest BCUT2D eigenvalue weighted by Crippen LogP contribution is -2.44. The van der Waals surface area contributed by atoms with Crippen LogP contribution < -0.4 is 5.32 Å². The highest BCUT2D eigenvalue weighted by Crippen LogP contribution is 2.27. The van der Waals surface area contributed by atoms with Crippen LogP contribution in [0.15, 0.2) is 53.6 Å². The molecule has 3 aromatic rings. The highest BCUT2D eigenvalue weighted by atomic mass is 32.2. The minimum atomic E-state index is -3.93. The zero-order chi connectivity index (χ0) is 22.9. The Hall–Kier alpha value is -2.85. The van der Waals surface area contributed by atoms with E-state index in [1.54, 1.807) is 0 Å². The van der Waals surface area contributed by atoms with Gasteiger partial charge in [0.25, 0.3) is 0 Å². The highest BCUT2D eigenvalue weighted by molar-refractivity contribution is 7.89. The van der Waals surface area contributed by atoms with Gasteiger partial charge in [0, 0.05) is 25.2 Å². The van der Waals surface area contributed by atoms with Gasteiger partial charge in [-0.05, 0) is 43.0 Å². The smallest absolute Gasteiger partial charge is 0.245 e. The van der Waals surface area contributed by atoms with Gasteiger partial charge in [-0.3, -0.25) is 9.20 Å². The van der Waals surface area contributed by atoms with Gasteiger partial charge in [0.2, 0.25) is 15.9 Å². The largest absolute Gasteiger partial charge is 0.346 e. The molecule has 0 unspecified atom stereocenters.